The van der Waals surface area contributed by atoms with Crippen LogP contribution in [-0.4, -0.2) is 19.3 Å². The Morgan fingerprint density at radius 1 is 1.78 bits per heavy atom. The second-order valence-corrected chi connectivity index (χ2v) is 1.31. The molecule has 0 aromatic heterocycles. The molecular formula is C6H9FO2. The molecule has 0 unspecified atom stereocenters. The number of halogens is 1. The summed E-state index contributed by atoms with van der Waals surface area (Å²) in [6, 6.07) is 0. The normalized spacial score (nSPS) is 10.0. The number of allylic oxidation sites excluding steroid dienone is 1. The van der Waals surface area contributed by atoms with Gasteiger partial charge >= 0.3 is 5.97 Å². The van der Waals surface area contributed by atoms with Crippen molar-refractivity contribution >= 4 is 5.97 Å². The fourth-order valence-corrected chi connectivity index (χ4v) is 0.331. The van der Waals surface area contributed by atoms with Gasteiger partial charge in [0.1, 0.15) is 6.67 Å². The molecule has 0 saturated carbocycles. The Hall–Kier alpha value is -0.860. The van der Waals surface area contributed by atoms with Crippen molar-refractivity contribution < 1.29 is 13.9 Å². The first-order valence-electron chi connectivity index (χ1n) is 2.70. The second-order valence-electron chi connectivity index (χ2n) is 1.31. The first-order chi connectivity index (χ1) is 4.31. The van der Waals surface area contributed by atoms with Crippen molar-refractivity contribution in [2.24, 2.45) is 0 Å². The van der Waals surface area contributed by atoms with E-state index in [1.54, 1.807) is 6.92 Å². The predicted molar refractivity (Wildman–Crippen MR) is 31.7 cm³/mol. The summed E-state index contributed by atoms with van der Waals surface area (Å²) in [6.07, 6.45) is 2.18. The molecule has 2 nitrogen and oxygen atoms in total. The third-order valence-corrected chi connectivity index (χ3v) is 0.630. The molecule has 52 valence electrons. The van der Waals surface area contributed by atoms with Gasteiger partial charge in [0.15, 0.2) is 0 Å². The van der Waals surface area contributed by atoms with Crippen LogP contribution in [-0.2, 0) is 9.53 Å². The minimum Gasteiger partial charge on any atom is -0.463 e. The standard InChI is InChI=1S/C6H9FO2/c1-2-9-6(8)4-3-5-7/h3-4H,2,5H2,1H3/b4-3+. The molecule has 0 radical (unpaired) electrons. The smallest absolute Gasteiger partial charge is 0.330 e. The Balaban J connectivity index is 3.37. The topological polar surface area (TPSA) is 26.3 Å². The van der Waals surface area contributed by atoms with Crippen LogP contribution in [0.4, 0.5) is 4.39 Å². The average Bonchev–Trinajstić information content (AvgIpc) is 1.85. The molecular weight excluding hydrogens is 123 g/mol. The monoisotopic (exact) mass is 132 g/mol. The highest BCUT2D eigenvalue weighted by atomic mass is 19.1. The van der Waals surface area contributed by atoms with Crippen molar-refractivity contribution in [2.75, 3.05) is 13.3 Å². The van der Waals surface area contributed by atoms with Gasteiger partial charge in [0.2, 0.25) is 0 Å². The zero-order valence-corrected chi connectivity index (χ0v) is 5.26. The van der Waals surface area contributed by atoms with E-state index in [9.17, 15) is 9.18 Å². The van der Waals surface area contributed by atoms with Crippen LogP contribution in [0.5, 0.6) is 0 Å². The Bertz CT molecular complexity index is 110. The molecule has 0 aliphatic rings. The Labute approximate surface area is 53.3 Å². The summed E-state index contributed by atoms with van der Waals surface area (Å²) in [7, 11) is 0. The third kappa shape index (κ3) is 5.00. The minimum atomic E-state index is -0.626. The molecule has 0 aliphatic heterocycles. The van der Waals surface area contributed by atoms with E-state index in [2.05, 4.69) is 4.74 Å². The highest BCUT2D eigenvalue weighted by Crippen LogP contribution is 1.80. The van der Waals surface area contributed by atoms with Crippen molar-refractivity contribution in [2.45, 2.75) is 6.92 Å². The van der Waals surface area contributed by atoms with E-state index in [1.807, 2.05) is 0 Å². The zero-order chi connectivity index (χ0) is 7.11. The molecule has 0 aromatic carbocycles. The largest absolute Gasteiger partial charge is 0.463 e. The van der Waals surface area contributed by atoms with Crippen LogP contribution in [0.1, 0.15) is 6.92 Å². The summed E-state index contributed by atoms with van der Waals surface area (Å²) >= 11 is 0. The van der Waals surface area contributed by atoms with Gasteiger partial charge in [0, 0.05) is 6.08 Å². The molecule has 0 N–H and O–H groups in total. The summed E-state index contributed by atoms with van der Waals surface area (Å²) in [4.78, 5) is 10.3. The van der Waals surface area contributed by atoms with Gasteiger partial charge in [0.05, 0.1) is 6.61 Å². The van der Waals surface area contributed by atoms with E-state index < -0.39 is 12.6 Å². The number of carbonyl (C=O) groups is 1. The number of carbonyl (C=O) groups excluding carboxylic acids is 1. The van der Waals surface area contributed by atoms with Gasteiger partial charge in [-0.05, 0) is 13.0 Å². The maximum absolute atomic E-state index is 11.3. The average molecular weight is 132 g/mol. The fourth-order valence-electron chi connectivity index (χ4n) is 0.331. The maximum atomic E-state index is 11.3. The summed E-state index contributed by atoms with van der Waals surface area (Å²) < 4.78 is 15.8. The van der Waals surface area contributed by atoms with Crippen LogP contribution >= 0.6 is 0 Å². The van der Waals surface area contributed by atoms with Crippen molar-refractivity contribution in [1.29, 1.82) is 0 Å². The number of esters is 1. The van der Waals surface area contributed by atoms with Gasteiger partial charge in [0.25, 0.3) is 0 Å². The van der Waals surface area contributed by atoms with Crippen molar-refractivity contribution in [1.82, 2.24) is 0 Å². The lowest BCUT2D eigenvalue weighted by molar-refractivity contribution is -0.137. The summed E-state index contributed by atoms with van der Waals surface area (Å²) in [5, 5.41) is 0. The molecule has 0 fully saturated rings. The van der Waals surface area contributed by atoms with Crippen LogP contribution in [0.25, 0.3) is 0 Å². The molecule has 0 bridgehead atoms. The first kappa shape index (κ1) is 8.14. The Morgan fingerprint density at radius 3 is 2.89 bits per heavy atom. The van der Waals surface area contributed by atoms with E-state index in [4.69, 9.17) is 0 Å². The second kappa shape index (κ2) is 5.28. The lowest BCUT2D eigenvalue weighted by Gasteiger charge is -1.92. The Morgan fingerprint density at radius 2 is 2.44 bits per heavy atom. The van der Waals surface area contributed by atoms with Crippen molar-refractivity contribution in [3.8, 4) is 0 Å². The van der Waals surface area contributed by atoms with E-state index in [0.29, 0.717) is 6.61 Å². The SMILES string of the molecule is CCOC(=O)/C=C/CF. The van der Waals surface area contributed by atoms with Crippen LogP contribution < -0.4 is 0 Å². The molecule has 3 heteroatoms. The molecule has 0 atom stereocenters. The van der Waals surface area contributed by atoms with Gasteiger partial charge in [-0.15, -0.1) is 0 Å². The van der Waals surface area contributed by atoms with Gasteiger partial charge in [-0.3, -0.25) is 0 Å². The van der Waals surface area contributed by atoms with Gasteiger partial charge in [-0.25, -0.2) is 9.18 Å². The highest BCUT2D eigenvalue weighted by molar-refractivity contribution is 5.81. The lowest BCUT2D eigenvalue weighted by atomic mass is 10.5. The van der Waals surface area contributed by atoms with E-state index in [1.165, 1.54) is 0 Å². The summed E-state index contributed by atoms with van der Waals surface area (Å²) in [5.74, 6) is -0.491. The number of ether oxygens (including phenoxy) is 1. The van der Waals surface area contributed by atoms with Crippen molar-refractivity contribution in [3.05, 3.63) is 12.2 Å². The minimum absolute atomic E-state index is 0.329. The number of alkyl halides is 1. The first-order valence-corrected chi connectivity index (χ1v) is 2.70. The number of rotatable bonds is 3. The van der Waals surface area contributed by atoms with Crippen molar-refractivity contribution in [3.63, 3.8) is 0 Å². The number of hydrogen-bond donors (Lipinski definition) is 0. The molecule has 0 aliphatic carbocycles. The van der Waals surface area contributed by atoms with E-state index >= 15 is 0 Å². The third-order valence-electron chi connectivity index (χ3n) is 0.630. The fraction of sp³-hybridized carbons (Fsp3) is 0.500. The van der Waals surface area contributed by atoms with E-state index in [-0.39, 0.29) is 0 Å². The van der Waals surface area contributed by atoms with E-state index in [0.717, 1.165) is 12.2 Å². The van der Waals surface area contributed by atoms with Gasteiger partial charge in [-0.2, -0.15) is 0 Å². The van der Waals surface area contributed by atoms with Crippen LogP contribution in [0.2, 0.25) is 0 Å². The maximum Gasteiger partial charge on any atom is 0.330 e. The van der Waals surface area contributed by atoms with Gasteiger partial charge in [-0.1, -0.05) is 0 Å². The molecule has 0 amide bonds. The molecule has 9 heavy (non-hydrogen) atoms. The lowest BCUT2D eigenvalue weighted by Crippen LogP contribution is -1.98. The van der Waals surface area contributed by atoms with Crippen LogP contribution in [0.15, 0.2) is 12.2 Å². The predicted octanol–water partition coefficient (Wildman–Crippen LogP) is 1.08. The highest BCUT2D eigenvalue weighted by Gasteiger charge is 1.90. The molecule has 0 spiro atoms. The summed E-state index contributed by atoms with van der Waals surface area (Å²) in [6.45, 7) is 1.40. The molecule has 0 rings (SSSR count). The number of hydrogen-bond acceptors (Lipinski definition) is 2. The quantitative estimate of drug-likeness (QED) is 0.424. The van der Waals surface area contributed by atoms with Gasteiger partial charge < -0.3 is 4.74 Å². The molecule has 0 saturated heterocycles. The molecule has 0 heterocycles. The zero-order valence-electron chi connectivity index (χ0n) is 5.26. The Kier molecular flexibility index (Phi) is 4.78. The van der Waals surface area contributed by atoms with Crippen LogP contribution in [0, 0.1) is 0 Å². The summed E-state index contributed by atoms with van der Waals surface area (Å²) in [5.41, 5.74) is 0. The molecule has 0 aromatic rings. The van der Waals surface area contributed by atoms with Crippen LogP contribution in [0.3, 0.4) is 0 Å².